The van der Waals surface area contributed by atoms with Gasteiger partial charge in [0.2, 0.25) is 0 Å². The maximum Gasteiger partial charge on any atom is 0.0852 e. The van der Waals surface area contributed by atoms with Gasteiger partial charge in [-0.05, 0) is 18.3 Å². The second kappa shape index (κ2) is 4.31. The molecule has 0 bridgehead atoms. The van der Waals surface area contributed by atoms with Crippen LogP contribution in [0.2, 0.25) is 0 Å². The van der Waals surface area contributed by atoms with Crippen LogP contribution < -0.4 is 0 Å². The first kappa shape index (κ1) is 10.6. The van der Waals surface area contributed by atoms with Crippen LogP contribution in [0.25, 0.3) is 0 Å². The Labute approximate surface area is 90.3 Å². The van der Waals surface area contributed by atoms with E-state index in [-0.39, 0.29) is 6.10 Å². The summed E-state index contributed by atoms with van der Waals surface area (Å²) in [6, 6.07) is 0. The van der Waals surface area contributed by atoms with Crippen molar-refractivity contribution in [3.05, 3.63) is 11.9 Å². The molecule has 3 atom stereocenters. The third-order valence-corrected chi connectivity index (χ3v) is 3.49. The van der Waals surface area contributed by atoms with Gasteiger partial charge in [-0.25, -0.2) is 0 Å². The van der Waals surface area contributed by atoms with Gasteiger partial charge >= 0.3 is 0 Å². The largest absolute Gasteiger partial charge is 0.392 e. The minimum Gasteiger partial charge on any atom is -0.392 e. The molecule has 1 N–H and O–H groups in total. The van der Waals surface area contributed by atoms with E-state index in [0.717, 1.165) is 12.1 Å². The maximum absolute atomic E-state index is 10.1. The van der Waals surface area contributed by atoms with E-state index >= 15 is 0 Å². The number of aliphatic hydroxyl groups excluding tert-OH is 1. The lowest BCUT2D eigenvalue weighted by atomic mass is 9.90. The number of hydrogen-bond acceptors (Lipinski definition) is 3. The number of aromatic nitrogens is 3. The molecule has 1 fully saturated rings. The molecule has 2 rings (SSSR count). The second-order valence-electron chi connectivity index (χ2n) is 4.73. The van der Waals surface area contributed by atoms with Gasteiger partial charge in [0.15, 0.2) is 0 Å². The van der Waals surface area contributed by atoms with E-state index in [1.54, 1.807) is 4.68 Å². The number of aliphatic hydroxyl groups is 1. The van der Waals surface area contributed by atoms with Gasteiger partial charge in [-0.15, -0.1) is 5.10 Å². The third kappa shape index (κ3) is 2.37. The molecule has 4 nitrogen and oxygen atoms in total. The fourth-order valence-electron chi connectivity index (χ4n) is 2.60. The molecule has 1 aliphatic rings. The van der Waals surface area contributed by atoms with Gasteiger partial charge in [0.05, 0.1) is 11.8 Å². The Bertz CT molecular complexity index is 323. The van der Waals surface area contributed by atoms with Crippen LogP contribution in [0.15, 0.2) is 6.20 Å². The third-order valence-electron chi connectivity index (χ3n) is 3.49. The average Bonchev–Trinajstić information content (AvgIpc) is 2.75. The van der Waals surface area contributed by atoms with Crippen LogP contribution in [0.5, 0.6) is 0 Å². The number of hydrogen-bond donors (Lipinski definition) is 1. The van der Waals surface area contributed by atoms with Gasteiger partial charge in [0, 0.05) is 19.7 Å². The van der Waals surface area contributed by atoms with Gasteiger partial charge in [-0.2, -0.15) is 0 Å². The van der Waals surface area contributed by atoms with Crippen LogP contribution >= 0.6 is 0 Å². The topological polar surface area (TPSA) is 50.9 Å². The highest BCUT2D eigenvalue weighted by molar-refractivity contribution is 4.96. The summed E-state index contributed by atoms with van der Waals surface area (Å²) >= 11 is 0. The van der Waals surface area contributed by atoms with Gasteiger partial charge in [0.1, 0.15) is 0 Å². The predicted molar refractivity (Wildman–Crippen MR) is 57.2 cm³/mol. The lowest BCUT2D eigenvalue weighted by Crippen LogP contribution is -2.24. The van der Waals surface area contributed by atoms with Gasteiger partial charge in [-0.1, -0.05) is 25.0 Å². The first-order valence-electron chi connectivity index (χ1n) is 5.70. The predicted octanol–water partition coefficient (Wildman–Crippen LogP) is 1.15. The van der Waals surface area contributed by atoms with E-state index in [9.17, 15) is 5.11 Å². The normalized spacial score (nSPS) is 28.2. The van der Waals surface area contributed by atoms with Crippen LogP contribution in [0.3, 0.4) is 0 Å². The Hall–Kier alpha value is -0.900. The summed E-state index contributed by atoms with van der Waals surface area (Å²) in [5.41, 5.74) is 0.893. The average molecular weight is 209 g/mol. The van der Waals surface area contributed by atoms with Crippen molar-refractivity contribution in [1.29, 1.82) is 0 Å². The molecule has 4 heteroatoms. The standard InChI is InChI=1S/C11H19N3O/c1-8-4-3-5-10(8)11(15)6-9-7-14(2)13-12-9/h7-8,10-11,15H,3-6H2,1-2H3. The van der Waals surface area contributed by atoms with E-state index < -0.39 is 0 Å². The van der Waals surface area contributed by atoms with E-state index in [2.05, 4.69) is 17.2 Å². The summed E-state index contributed by atoms with van der Waals surface area (Å²) in [7, 11) is 1.85. The molecule has 1 aliphatic carbocycles. The van der Waals surface area contributed by atoms with Crippen molar-refractivity contribution in [2.45, 2.75) is 38.7 Å². The summed E-state index contributed by atoms with van der Waals surface area (Å²) in [6.07, 6.45) is 5.93. The molecule has 1 heterocycles. The minimum atomic E-state index is -0.251. The maximum atomic E-state index is 10.1. The lowest BCUT2D eigenvalue weighted by molar-refractivity contribution is 0.0893. The van der Waals surface area contributed by atoms with Crippen molar-refractivity contribution in [1.82, 2.24) is 15.0 Å². The zero-order valence-corrected chi connectivity index (χ0v) is 9.43. The molecule has 1 aromatic heterocycles. The summed E-state index contributed by atoms with van der Waals surface area (Å²) < 4.78 is 1.68. The quantitative estimate of drug-likeness (QED) is 0.812. The summed E-state index contributed by atoms with van der Waals surface area (Å²) in [5, 5.41) is 18.0. The van der Waals surface area contributed by atoms with Crippen LogP contribution in [0.4, 0.5) is 0 Å². The van der Waals surface area contributed by atoms with Crippen LogP contribution in [-0.4, -0.2) is 26.2 Å². The Morgan fingerprint density at radius 1 is 1.60 bits per heavy atom. The number of aryl methyl sites for hydroxylation is 1. The molecule has 0 saturated heterocycles. The number of nitrogens with zero attached hydrogens (tertiary/aromatic N) is 3. The molecule has 0 radical (unpaired) electrons. The summed E-state index contributed by atoms with van der Waals surface area (Å²) in [6.45, 7) is 2.23. The molecule has 1 aromatic rings. The highest BCUT2D eigenvalue weighted by atomic mass is 16.3. The Morgan fingerprint density at radius 2 is 2.40 bits per heavy atom. The fraction of sp³-hybridized carbons (Fsp3) is 0.818. The van der Waals surface area contributed by atoms with Gasteiger partial charge in [0.25, 0.3) is 0 Å². The molecule has 15 heavy (non-hydrogen) atoms. The smallest absolute Gasteiger partial charge is 0.0852 e. The van der Waals surface area contributed by atoms with Crippen molar-refractivity contribution >= 4 is 0 Å². The van der Waals surface area contributed by atoms with Crippen molar-refractivity contribution in [2.24, 2.45) is 18.9 Å². The Balaban J connectivity index is 1.94. The first-order chi connectivity index (χ1) is 7.16. The highest BCUT2D eigenvalue weighted by Crippen LogP contribution is 2.34. The molecule has 84 valence electrons. The van der Waals surface area contributed by atoms with Gasteiger partial charge in [-0.3, -0.25) is 4.68 Å². The molecule has 0 aliphatic heterocycles. The molecule has 0 aromatic carbocycles. The van der Waals surface area contributed by atoms with E-state index in [1.807, 2.05) is 13.2 Å². The molecule has 0 amide bonds. The SMILES string of the molecule is CC1CCCC1C(O)Cc1cn(C)nn1. The van der Waals surface area contributed by atoms with Crippen molar-refractivity contribution in [3.63, 3.8) is 0 Å². The number of rotatable bonds is 3. The Morgan fingerprint density at radius 3 is 2.93 bits per heavy atom. The van der Waals surface area contributed by atoms with E-state index in [4.69, 9.17) is 0 Å². The zero-order valence-electron chi connectivity index (χ0n) is 9.43. The van der Waals surface area contributed by atoms with Crippen LogP contribution in [0, 0.1) is 11.8 Å². The molecule has 3 unspecified atom stereocenters. The fourth-order valence-corrected chi connectivity index (χ4v) is 2.60. The van der Waals surface area contributed by atoms with Gasteiger partial charge < -0.3 is 5.11 Å². The van der Waals surface area contributed by atoms with Crippen LogP contribution in [0.1, 0.15) is 31.9 Å². The molecular weight excluding hydrogens is 190 g/mol. The molecular formula is C11H19N3O. The van der Waals surface area contributed by atoms with E-state index in [1.165, 1.54) is 12.8 Å². The molecule has 1 saturated carbocycles. The molecule has 0 spiro atoms. The monoisotopic (exact) mass is 209 g/mol. The van der Waals surface area contributed by atoms with Crippen molar-refractivity contribution < 1.29 is 5.11 Å². The lowest BCUT2D eigenvalue weighted by Gasteiger charge is -2.21. The second-order valence-corrected chi connectivity index (χ2v) is 4.73. The zero-order chi connectivity index (χ0) is 10.8. The summed E-state index contributed by atoms with van der Waals surface area (Å²) in [4.78, 5) is 0. The van der Waals surface area contributed by atoms with Crippen LogP contribution in [-0.2, 0) is 13.5 Å². The van der Waals surface area contributed by atoms with Crippen molar-refractivity contribution in [3.8, 4) is 0 Å². The van der Waals surface area contributed by atoms with E-state index in [0.29, 0.717) is 18.3 Å². The van der Waals surface area contributed by atoms with Crippen molar-refractivity contribution in [2.75, 3.05) is 0 Å². The summed E-state index contributed by atoms with van der Waals surface area (Å²) in [5.74, 6) is 1.10. The minimum absolute atomic E-state index is 0.251. The highest BCUT2D eigenvalue weighted by Gasteiger charge is 2.30. The Kier molecular flexibility index (Phi) is 3.05. The first-order valence-corrected chi connectivity index (χ1v) is 5.70.